The Morgan fingerprint density at radius 3 is 2.44 bits per heavy atom. The lowest BCUT2D eigenvalue weighted by molar-refractivity contribution is -0.136. The SMILES string of the molecule is CC(C)C[C@H](OC(c1ccccc1)c1ccc(C2=CCC[C@@H](C)C2)cc1)C(=O)NCC#N. The largest absolute Gasteiger partial charge is 0.356 e. The topological polar surface area (TPSA) is 62.1 Å². The van der Waals surface area contributed by atoms with Gasteiger partial charge in [0.15, 0.2) is 0 Å². The van der Waals surface area contributed by atoms with Crippen molar-refractivity contribution in [1.82, 2.24) is 5.32 Å². The first-order valence-corrected chi connectivity index (χ1v) is 11.6. The minimum Gasteiger partial charge on any atom is -0.356 e. The number of hydrogen-bond donors (Lipinski definition) is 1. The highest BCUT2D eigenvalue weighted by Crippen LogP contribution is 2.33. The summed E-state index contributed by atoms with van der Waals surface area (Å²) in [7, 11) is 0. The number of nitrogens with zero attached hydrogens (tertiary/aromatic N) is 1. The molecular formula is C28H34N2O2. The number of nitriles is 1. The van der Waals surface area contributed by atoms with Gasteiger partial charge in [-0.2, -0.15) is 5.26 Å². The average molecular weight is 431 g/mol. The molecule has 1 aliphatic carbocycles. The Morgan fingerprint density at radius 1 is 1.12 bits per heavy atom. The molecule has 3 atom stereocenters. The van der Waals surface area contributed by atoms with Crippen LogP contribution in [0.2, 0.25) is 0 Å². The quantitative estimate of drug-likeness (QED) is 0.493. The van der Waals surface area contributed by atoms with Crippen LogP contribution in [0.4, 0.5) is 0 Å². The predicted octanol–water partition coefficient (Wildman–Crippen LogP) is 6.05. The van der Waals surface area contributed by atoms with E-state index in [1.54, 1.807) is 0 Å². The Morgan fingerprint density at radius 2 is 1.81 bits per heavy atom. The molecule has 1 unspecified atom stereocenters. The van der Waals surface area contributed by atoms with E-state index in [1.165, 1.54) is 17.6 Å². The van der Waals surface area contributed by atoms with Crippen LogP contribution in [0.25, 0.3) is 5.57 Å². The monoisotopic (exact) mass is 430 g/mol. The number of amides is 1. The highest BCUT2D eigenvalue weighted by atomic mass is 16.5. The number of carbonyl (C=O) groups is 1. The molecule has 4 nitrogen and oxygen atoms in total. The molecule has 0 bridgehead atoms. The minimum absolute atomic E-state index is 0.0188. The zero-order chi connectivity index (χ0) is 22.9. The van der Waals surface area contributed by atoms with E-state index in [0.29, 0.717) is 6.42 Å². The lowest BCUT2D eigenvalue weighted by Crippen LogP contribution is -2.38. The molecule has 0 saturated carbocycles. The molecule has 1 N–H and O–H groups in total. The summed E-state index contributed by atoms with van der Waals surface area (Å²) in [5.41, 5.74) is 4.71. The van der Waals surface area contributed by atoms with Crippen LogP contribution in [-0.2, 0) is 9.53 Å². The van der Waals surface area contributed by atoms with Crippen molar-refractivity contribution >= 4 is 11.5 Å². The maximum atomic E-state index is 12.7. The number of ether oxygens (including phenoxy) is 1. The number of carbonyl (C=O) groups excluding carboxylic acids is 1. The fourth-order valence-electron chi connectivity index (χ4n) is 4.25. The Bertz CT molecular complexity index is 942. The summed E-state index contributed by atoms with van der Waals surface area (Å²) >= 11 is 0. The molecule has 0 saturated heterocycles. The van der Waals surface area contributed by atoms with E-state index >= 15 is 0 Å². The zero-order valence-electron chi connectivity index (χ0n) is 19.4. The second-order valence-electron chi connectivity index (χ2n) is 9.16. The molecule has 0 aliphatic heterocycles. The predicted molar refractivity (Wildman–Crippen MR) is 129 cm³/mol. The maximum Gasteiger partial charge on any atom is 0.250 e. The third-order valence-corrected chi connectivity index (χ3v) is 5.93. The van der Waals surface area contributed by atoms with Crippen LogP contribution in [-0.4, -0.2) is 18.6 Å². The standard InChI is InChI=1S/C28H34N2O2/c1-20(2)18-26(28(31)30-17-16-29)32-27(23-9-5-4-6-10-23)24-14-12-22(13-15-24)25-11-7-8-21(3)19-25/h4-6,9-15,20-21,26-27H,7-8,17-19H2,1-3H3,(H,30,31)/t21-,26+,27?/m1/s1. The number of benzene rings is 2. The molecule has 1 amide bonds. The van der Waals surface area contributed by atoms with E-state index in [0.717, 1.165) is 29.9 Å². The molecule has 4 heteroatoms. The lowest BCUT2D eigenvalue weighted by Gasteiger charge is -2.26. The summed E-state index contributed by atoms with van der Waals surface area (Å²) in [6.45, 7) is 6.43. The number of rotatable bonds is 9. The van der Waals surface area contributed by atoms with Gasteiger partial charge in [0.25, 0.3) is 0 Å². The van der Waals surface area contributed by atoms with Crippen LogP contribution in [0.5, 0.6) is 0 Å². The summed E-state index contributed by atoms with van der Waals surface area (Å²) in [4.78, 5) is 12.7. The summed E-state index contributed by atoms with van der Waals surface area (Å²) in [6, 6.07) is 20.6. The second kappa shape index (κ2) is 11.6. The number of allylic oxidation sites excluding steroid dienone is 2. The van der Waals surface area contributed by atoms with Gasteiger partial charge >= 0.3 is 0 Å². The Balaban J connectivity index is 1.88. The van der Waals surface area contributed by atoms with E-state index in [9.17, 15) is 4.79 Å². The van der Waals surface area contributed by atoms with Crippen molar-refractivity contribution in [2.45, 2.75) is 58.7 Å². The number of hydrogen-bond acceptors (Lipinski definition) is 3. The first-order valence-electron chi connectivity index (χ1n) is 11.6. The molecule has 1 aliphatic rings. The molecule has 0 spiro atoms. The van der Waals surface area contributed by atoms with Crippen molar-refractivity contribution in [2.24, 2.45) is 11.8 Å². The molecule has 0 aromatic heterocycles. The lowest BCUT2D eigenvalue weighted by atomic mass is 9.86. The van der Waals surface area contributed by atoms with Gasteiger partial charge in [0.2, 0.25) is 5.91 Å². The van der Waals surface area contributed by atoms with Crippen LogP contribution in [0.3, 0.4) is 0 Å². The van der Waals surface area contributed by atoms with Gasteiger partial charge in [0.1, 0.15) is 18.8 Å². The van der Waals surface area contributed by atoms with Gasteiger partial charge in [0, 0.05) is 0 Å². The van der Waals surface area contributed by atoms with Gasteiger partial charge in [-0.05, 0) is 59.8 Å². The molecule has 32 heavy (non-hydrogen) atoms. The maximum absolute atomic E-state index is 12.7. The Hall–Kier alpha value is -2.90. The van der Waals surface area contributed by atoms with Crippen LogP contribution in [0, 0.1) is 23.2 Å². The zero-order valence-corrected chi connectivity index (χ0v) is 19.4. The molecule has 2 aromatic rings. The van der Waals surface area contributed by atoms with Crippen molar-refractivity contribution in [1.29, 1.82) is 5.26 Å². The molecule has 0 fully saturated rings. The van der Waals surface area contributed by atoms with Crippen LogP contribution in [0.15, 0.2) is 60.7 Å². The van der Waals surface area contributed by atoms with Crippen molar-refractivity contribution in [3.63, 3.8) is 0 Å². The van der Waals surface area contributed by atoms with Crippen molar-refractivity contribution in [2.75, 3.05) is 6.54 Å². The average Bonchev–Trinajstić information content (AvgIpc) is 2.80. The molecule has 168 valence electrons. The summed E-state index contributed by atoms with van der Waals surface area (Å²) < 4.78 is 6.46. The third-order valence-electron chi connectivity index (χ3n) is 5.93. The third kappa shape index (κ3) is 6.55. The van der Waals surface area contributed by atoms with Crippen LogP contribution < -0.4 is 5.32 Å². The molecular weight excluding hydrogens is 396 g/mol. The smallest absolute Gasteiger partial charge is 0.250 e. The second-order valence-corrected chi connectivity index (χ2v) is 9.16. The first kappa shape index (κ1) is 23.8. The Labute approximate surface area is 192 Å². The van der Waals surface area contributed by atoms with Crippen LogP contribution in [0.1, 0.15) is 69.2 Å². The first-order chi connectivity index (χ1) is 15.5. The van der Waals surface area contributed by atoms with Gasteiger partial charge in [-0.15, -0.1) is 0 Å². The normalized spacial score (nSPS) is 17.8. The van der Waals surface area contributed by atoms with Gasteiger partial charge in [0.05, 0.1) is 6.07 Å². The van der Waals surface area contributed by atoms with E-state index in [2.05, 4.69) is 56.4 Å². The van der Waals surface area contributed by atoms with E-state index in [4.69, 9.17) is 10.00 Å². The van der Waals surface area contributed by atoms with Gasteiger partial charge in [-0.3, -0.25) is 4.79 Å². The molecule has 2 aromatic carbocycles. The van der Waals surface area contributed by atoms with Gasteiger partial charge in [-0.1, -0.05) is 81.4 Å². The van der Waals surface area contributed by atoms with E-state index < -0.39 is 6.10 Å². The number of nitrogens with one attached hydrogen (secondary N) is 1. The van der Waals surface area contributed by atoms with Crippen LogP contribution >= 0.6 is 0 Å². The van der Waals surface area contributed by atoms with E-state index in [-0.39, 0.29) is 24.5 Å². The van der Waals surface area contributed by atoms with Gasteiger partial charge < -0.3 is 10.1 Å². The summed E-state index contributed by atoms with van der Waals surface area (Å²) in [5.74, 6) is 0.768. The molecule has 3 rings (SSSR count). The molecule has 0 radical (unpaired) electrons. The van der Waals surface area contributed by atoms with Crippen molar-refractivity contribution in [3.05, 3.63) is 77.4 Å². The fourth-order valence-corrected chi connectivity index (χ4v) is 4.25. The fraction of sp³-hybridized carbons (Fsp3) is 0.429. The highest BCUT2D eigenvalue weighted by Gasteiger charge is 2.26. The molecule has 0 heterocycles. The summed E-state index contributed by atoms with van der Waals surface area (Å²) in [6.07, 6.45) is 5.48. The van der Waals surface area contributed by atoms with E-state index in [1.807, 2.05) is 36.4 Å². The minimum atomic E-state index is -0.630. The Kier molecular flexibility index (Phi) is 8.64. The van der Waals surface area contributed by atoms with Gasteiger partial charge in [-0.25, -0.2) is 0 Å². The van der Waals surface area contributed by atoms with Crippen molar-refractivity contribution in [3.8, 4) is 6.07 Å². The summed E-state index contributed by atoms with van der Waals surface area (Å²) in [5, 5.41) is 11.5. The highest BCUT2D eigenvalue weighted by molar-refractivity contribution is 5.81. The van der Waals surface area contributed by atoms with Crippen molar-refractivity contribution < 1.29 is 9.53 Å².